The maximum absolute atomic E-state index is 11.9. The topological polar surface area (TPSA) is 74.3 Å². The van der Waals surface area contributed by atoms with Gasteiger partial charge < -0.3 is 10.6 Å². The molecule has 6 nitrogen and oxygen atoms in total. The molecule has 3 rings (SSSR count). The summed E-state index contributed by atoms with van der Waals surface area (Å²) < 4.78 is 0. The van der Waals surface area contributed by atoms with Crippen molar-refractivity contribution >= 4 is 28.3 Å². The smallest absolute Gasteiger partial charge is 0.228 e. The van der Waals surface area contributed by atoms with Crippen molar-refractivity contribution in [3.63, 3.8) is 0 Å². The van der Waals surface area contributed by atoms with Crippen molar-refractivity contribution < 1.29 is 9.59 Å². The molecule has 0 spiro atoms. The van der Waals surface area contributed by atoms with Crippen LogP contribution in [0.2, 0.25) is 0 Å². The maximum atomic E-state index is 11.9. The summed E-state index contributed by atoms with van der Waals surface area (Å²) >= 11 is 1.44. The number of thiazole rings is 1. The van der Waals surface area contributed by atoms with Gasteiger partial charge in [0.25, 0.3) is 0 Å². The molecule has 1 unspecified atom stereocenters. The highest BCUT2D eigenvalue weighted by atomic mass is 32.1. The van der Waals surface area contributed by atoms with E-state index >= 15 is 0 Å². The molecule has 0 aliphatic carbocycles. The number of amides is 2. The lowest BCUT2D eigenvalue weighted by molar-refractivity contribution is -0.120. The average molecular weight is 308 g/mol. The van der Waals surface area contributed by atoms with E-state index in [0.717, 1.165) is 36.8 Å². The minimum atomic E-state index is -0.00621. The van der Waals surface area contributed by atoms with Crippen molar-refractivity contribution in [1.82, 2.24) is 15.6 Å². The van der Waals surface area contributed by atoms with Crippen LogP contribution < -0.4 is 15.5 Å². The third kappa shape index (κ3) is 3.59. The lowest BCUT2D eigenvalue weighted by Gasteiger charge is -2.11. The van der Waals surface area contributed by atoms with Gasteiger partial charge >= 0.3 is 0 Å². The lowest BCUT2D eigenvalue weighted by Crippen LogP contribution is -2.37. The molecule has 0 saturated carbocycles. The van der Waals surface area contributed by atoms with Crippen molar-refractivity contribution in [2.75, 3.05) is 24.5 Å². The van der Waals surface area contributed by atoms with Gasteiger partial charge in [0.05, 0.1) is 12.1 Å². The third-order valence-corrected chi connectivity index (χ3v) is 4.81. The fraction of sp³-hybridized carbons (Fsp3) is 0.643. The fourth-order valence-corrected chi connectivity index (χ4v) is 3.61. The molecule has 1 aromatic rings. The van der Waals surface area contributed by atoms with Gasteiger partial charge in [0.1, 0.15) is 0 Å². The zero-order valence-corrected chi connectivity index (χ0v) is 12.7. The van der Waals surface area contributed by atoms with E-state index in [0.29, 0.717) is 19.0 Å². The number of rotatable bonds is 5. The molecule has 1 atom stereocenters. The van der Waals surface area contributed by atoms with Crippen LogP contribution in [0.5, 0.6) is 0 Å². The van der Waals surface area contributed by atoms with Crippen LogP contribution in [0.1, 0.15) is 31.4 Å². The summed E-state index contributed by atoms with van der Waals surface area (Å²) in [6.45, 7) is 2.46. The van der Waals surface area contributed by atoms with Crippen LogP contribution in [0.4, 0.5) is 5.13 Å². The second-order valence-electron chi connectivity index (χ2n) is 5.54. The number of aromatic nitrogens is 1. The minimum absolute atomic E-state index is 0.00621. The molecule has 7 heteroatoms. The SMILES string of the molecule is O=C(Cc1csc(N2CCCC2=O)n1)NCC1CCCN1. The molecular formula is C14H20N4O2S. The molecule has 0 aromatic carbocycles. The number of nitrogens with zero attached hydrogens (tertiary/aromatic N) is 2. The molecule has 2 fully saturated rings. The highest BCUT2D eigenvalue weighted by Gasteiger charge is 2.24. The van der Waals surface area contributed by atoms with Gasteiger partial charge in [-0.1, -0.05) is 0 Å². The molecule has 0 bridgehead atoms. The van der Waals surface area contributed by atoms with Crippen LogP contribution in [0.15, 0.2) is 5.38 Å². The van der Waals surface area contributed by atoms with Gasteiger partial charge in [0, 0.05) is 30.9 Å². The van der Waals surface area contributed by atoms with E-state index in [-0.39, 0.29) is 18.2 Å². The van der Waals surface area contributed by atoms with E-state index in [1.165, 1.54) is 17.8 Å². The van der Waals surface area contributed by atoms with Gasteiger partial charge in [0.15, 0.2) is 5.13 Å². The molecule has 114 valence electrons. The number of carbonyl (C=O) groups excluding carboxylic acids is 2. The second kappa shape index (κ2) is 6.53. The Kier molecular flexibility index (Phi) is 4.50. The first-order valence-electron chi connectivity index (χ1n) is 7.47. The van der Waals surface area contributed by atoms with Crippen molar-refractivity contribution in [3.05, 3.63) is 11.1 Å². The van der Waals surface area contributed by atoms with Crippen molar-refractivity contribution in [2.45, 2.75) is 38.1 Å². The first kappa shape index (κ1) is 14.5. The van der Waals surface area contributed by atoms with Gasteiger partial charge in [-0.25, -0.2) is 4.98 Å². The van der Waals surface area contributed by atoms with Crippen LogP contribution >= 0.6 is 11.3 Å². The van der Waals surface area contributed by atoms with E-state index in [2.05, 4.69) is 15.6 Å². The maximum Gasteiger partial charge on any atom is 0.228 e. The largest absolute Gasteiger partial charge is 0.354 e. The average Bonchev–Trinajstić information content (AvgIpc) is 3.17. The Hall–Kier alpha value is -1.47. The van der Waals surface area contributed by atoms with Crippen LogP contribution in [0, 0.1) is 0 Å². The molecule has 21 heavy (non-hydrogen) atoms. The Morgan fingerprint density at radius 1 is 1.52 bits per heavy atom. The predicted octanol–water partition coefficient (Wildman–Crippen LogP) is 0.681. The van der Waals surface area contributed by atoms with Crippen LogP contribution in [-0.2, 0) is 16.0 Å². The second-order valence-corrected chi connectivity index (χ2v) is 6.38. The molecule has 2 aliphatic heterocycles. The summed E-state index contributed by atoms with van der Waals surface area (Å²) in [6, 6.07) is 0.405. The zero-order valence-electron chi connectivity index (χ0n) is 11.9. The van der Waals surface area contributed by atoms with Crippen molar-refractivity contribution in [1.29, 1.82) is 0 Å². The first-order valence-corrected chi connectivity index (χ1v) is 8.35. The third-order valence-electron chi connectivity index (χ3n) is 3.89. The Labute approximate surface area is 127 Å². The molecule has 0 radical (unpaired) electrons. The highest BCUT2D eigenvalue weighted by molar-refractivity contribution is 7.14. The van der Waals surface area contributed by atoms with E-state index in [1.54, 1.807) is 4.90 Å². The van der Waals surface area contributed by atoms with Gasteiger partial charge in [-0.05, 0) is 25.8 Å². The summed E-state index contributed by atoms with van der Waals surface area (Å²) in [6.07, 6.45) is 4.08. The standard InChI is InChI=1S/C14H20N4O2S/c19-12(16-8-10-3-1-5-15-10)7-11-9-21-14(17-11)18-6-2-4-13(18)20/h9-10,15H,1-8H2,(H,16,19). The monoisotopic (exact) mass is 308 g/mol. The number of hydrogen-bond acceptors (Lipinski definition) is 5. The first-order chi connectivity index (χ1) is 10.2. The summed E-state index contributed by atoms with van der Waals surface area (Å²) in [5.41, 5.74) is 0.742. The Bertz CT molecular complexity index is 525. The van der Waals surface area contributed by atoms with E-state index in [9.17, 15) is 9.59 Å². The Morgan fingerprint density at radius 2 is 2.43 bits per heavy atom. The molecule has 1 aromatic heterocycles. The fourth-order valence-electron chi connectivity index (χ4n) is 2.75. The normalized spacial score (nSPS) is 22.0. The van der Waals surface area contributed by atoms with Crippen LogP contribution in [-0.4, -0.2) is 42.5 Å². The molecule has 2 N–H and O–H groups in total. The molecule has 2 saturated heterocycles. The van der Waals surface area contributed by atoms with E-state index in [4.69, 9.17) is 0 Å². The molecule has 2 amide bonds. The summed E-state index contributed by atoms with van der Waals surface area (Å²) in [4.78, 5) is 29.7. The number of carbonyl (C=O) groups is 2. The Morgan fingerprint density at radius 3 is 3.14 bits per heavy atom. The minimum Gasteiger partial charge on any atom is -0.354 e. The lowest BCUT2D eigenvalue weighted by atomic mass is 10.2. The molecule has 3 heterocycles. The van der Waals surface area contributed by atoms with Gasteiger partial charge in [-0.2, -0.15) is 0 Å². The van der Waals surface area contributed by atoms with Gasteiger partial charge in [-0.15, -0.1) is 11.3 Å². The van der Waals surface area contributed by atoms with Crippen LogP contribution in [0.25, 0.3) is 0 Å². The summed E-state index contributed by atoms with van der Waals surface area (Å²) in [5.74, 6) is 0.126. The summed E-state index contributed by atoms with van der Waals surface area (Å²) in [7, 11) is 0. The summed E-state index contributed by atoms with van der Waals surface area (Å²) in [5, 5.41) is 8.88. The Balaban J connectivity index is 1.49. The number of anilines is 1. The van der Waals surface area contributed by atoms with E-state index < -0.39 is 0 Å². The van der Waals surface area contributed by atoms with Crippen LogP contribution in [0.3, 0.4) is 0 Å². The number of hydrogen-bond donors (Lipinski definition) is 2. The molecule has 2 aliphatic rings. The van der Waals surface area contributed by atoms with Gasteiger partial charge in [-0.3, -0.25) is 14.5 Å². The quantitative estimate of drug-likeness (QED) is 0.839. The highest BCUT2D eigenvalue weighted by Crippen LogP contribution is 2.25. The van der Waals surface area contributed by atoms with Gasteiger partial charge in [0.2, 0.25) is 11.8 Å². The predicted molar refractivity (Wildman–Crippen MR) is 81.4 cm³/mol. The zero-order chi connectivity index (χ0) is 14.7. The van der Waals surface area contributed by atoms with Crippen molar-refractivity contribution in [3.8, 4) is 0 Å². The molecular weight excluding hydrogens is 288 g/mol. The number of nitrogens with one attached hydrogen (secondary N) is 2. The van der Waals surface area contributed by atoms with E-state index in [1.807, 2.05) is 5.38 Å². The van der Waals surface area contributed by atoms with Crippen molar-refractivity contribution in [2.24, 2.45) is 0 Å².